The normalized spacial score (nSPS) is 12.5. The Balaban J connectivity index is 2.79. The number of nitrogens with one attached hydrogen (secondary N) is 1. The van der Waals surface area contributed by atoms with Crippen molar-refractivity contribution in [3.63, 3.8) is 0 Å². The van der Waals surface area contributed by atoms with E-state index in [1.165, 1.54) is 12.1 Å². The van der Waals surface area contributed by atoms with Crippen LogP contribution in [0.2, 0.25) is 0 Å². The molecule has 1 aromatic rings. The number of ether oxygens (including phenoxy) is 1. The van der Waals surface area contributed by atoms with Crippen LogP contribution in [0, 0.1) is 5.82 Å². The smallest absolute Gasteiger partial charge is 0.126 e. The topological polar surface area (TPSA) is 21.3 Å². The second-order valence-electron chi connectivity index (χ2n) is 4.16. The van der Waals surface area contributed by atoms with E-state index in [0.29, 0.717) is 12.4 Å². The molecule has 1 aromatic carbocycles. The highest BCUT2D eigenvalue weighted by atomic mass is 19.1. The Morgan fingerprint density at radius 1 is 1.35 bits per heavy atom. The first-order chi connectivity index (χ1) is 8.19. The summed E-state index contributed by atoms with van der Waals surface area (Å²) in [7, 11) is 0. The Hall–Kier alpha value is -1.09. The molecule has 0 saturated carbocycles. The number of halogens is 1. The van der Waals surface area contributed by atoms with E-state index >= 15 is 0 Å². The standard InChI is InChI=1S/C14H22FNO/c1-4-6-9-17-14-10-12(15)7-8-13(14)11(3)16-5-2/h7-8,10-11,16H,4-6,9H2,1-3H3. The maximum absolute atomic E-state index is 13.2. The van der Waals surface area contributed by atoms with Gasteiger partial charge in [0, 0.05) is 17.7 Å². The maximum Gasteiger partial charge on any atom is 0.126 e. The second kappa shape index (κ2) is 7.28. The van der Waals surface area contributed by atoms with Crippen molar-refractivity contribution in [1.82, 2.24) is 5.32 Å². The van der Waals surface area contributed by atoms with Gasteiger partial charge in [-0.05, 0) is 26.0 Å². The van der Waals surface area contributed by atoms with Gasteiger partial charge in [0.15, 0.2) is 0 Å². The molecule has 3 heteroatoms. The average Bonchev–Trinajstić information content (AvgIpc) is 2.30. The van der Waals surface area contributed by atoms with Gasteiger partial charge in [-0.25, -0.2) is 4.39 Å². The number of hydrogen-bond acceptors (Lipinski definition) is 2. The fourth-order valence-electron chi connectivity index (χ4n) is 1.73. The van der Waals surface area contributed by atoms with Crippen molar-refractivity contribution in [2.75, 3.05) is 13.2 Å². The molecule has 0 aliphatic rings. The molecule has 0 spiro atoms. The van der Waals surface area contributed by atoms with E-state index in [-0.39, 0.29) is 11.9 Å². The number of hydrogen-bond donors (Lipinski definition) is 1. The van der Waals surface area contributed by atoms with Crippen molar-refractivity contribution >= 4 is 0 Å². The van der Waals surface area contributed by atoms with Crippen molar-refractivity contribution in [1.29, 1.82) is 0 Å². The zero-order valence-corrected chi connectivity index (χ0v) is 10.9. The summed E-state index contributed by atoms with van der Waals surface area (Å²) in [4.78, 5) is 0. The fraction of sp³-hybridized carbons (Fsp3) is 0.571. The third-order valence-corrected chi connectivity index (χ3v) is 2.71. The minimum Gasteiger partial charge on any atom is -0.493 e. The van der Waals surface area contributed by atoms with Gasteiger partial charge in [0.25, 0.3) is 0 Å². The van der Waals surface area contributed by atoms with Gasteiger partial charge in [-0.15, -0.1) is 0 Å². The SMILES string of the molecule is CCCCOc1cc(F)ccc1C(C)NCC. The van der Waals surface area contributed by atoms with Crippen molar-refractivity contribution in [3.05, 3.63) is 29.6 Å². The fourth-order valence-corrected chi connectivity index (χ4v) is 1.73. The first-order valence-corrected chi connectivity index (χ1v) is 6.34. The van der Waals surface area contributed by atoms with Crippen LogP contribution < -0.4 is 10.1 Å². The lowest BCUT2D eigenvalue weighted by atomic mass is 10.1. The van der Waals surface area contributed by atoms with E-state index < -0.39 is 0 Å². The Bertz CT molecular complexity index is 341. The molecular formula is C14H22FNO. The lowest BCUT2D eigenvalue weighted by molar-refractivity contribution is 0.302. The largest absolute Gasteiger partial charge is 0.493 e. The molecular weight excluding hydrogens is 217 g/mol. The van der Waals surface area contributed by atoms with Crippen LogP contribution in [-0.2, 0) is 0 Å². The molecule has 0 aliphatic heterocycles. The lowest BCUT2D eigenvalue weighted by Crippen LogP contribution is -2.18. The van der Waals surface area contributed by atoms with Crippen LogP contribution in [0.15, 0.2) is 18.2 Å². The second-order valence-corrected chi connectivity index (χ2v) is 4.16. The number of unbranched alkanes of at least 4 members (excludes halogenated alkanes) is 1. The quantitative estimate of drug-likeness (QED) is 0.733. The highest BCUT2D eigenvalue weighted by molar-refractivity contribution is 5.36. The summed E-state index contributed by atoms with van der Waals surface area (Å²) in [6.45, 7) is 7.75. The molecule has 0 radical (unpaired) electrons. The van der Waals surface area contributed by atoms with Crippen LogP contribution in [0.3, 0.4) is 0 Å². The van der Waals surface area contributed by atoms with Gasteiger partial charge >= 0.3 is 0 Å². The molecule has 96 valence electrons. The monoisotopic (exact) mass is 239 g/mol. The minimum atomic E-state index is -0.246. The summed E-state index contributed by atoms with van der Waals surface area (Å²) >= 11 is 0. The summed E-state index contributed by atoms with van der Waals surface area (Å²) in [6, 6.07) is 4.93. The third-order valence-electron chi connectivity index (χ3n) is 2.71. The highest BCUT2D eigenvalue weighted by Crippen LogP contribution is 2.26. The lowest BCUT2D eigenvalue weighted by Gasteiger charge is -2.17. The van der Waals surface area contributed by atoms with Crippen LogP contribution in [0.4, 0.5) is 4.39 Å². The molecule has 17 heavy (non-hydrogen) atoms. The van der Waals surface area contributed by atoms with E-state index in [0.717, 1.165) is 24.9 Å². The molecule has 1 atom stereocenters. The molecule has 1 N–H and O–H groups in total. The predicted molar refractivity (Wildman–Crippen MR) is 68.9 cm³/mol. The molecule has 0 amide bonds. The van der Waals surface area contributed by atoms with Crippen LogP contribution in [0.25, 0.3) is 0 Å². The maximum atomic E-state index is 13.2. The molecule has 0 saturated heterocycles. The van der Waals surface area contributed by atoms with E-state index in [1.54, 1.807) is 6.07 Å². The number of rotatable bonds is 7. The van der Waals surface area contributed by atoms with Crippen LogP contribution in [-0.4, -0.2) is 13.2 Å². The molecule has 0 aromatic heterocycles. The molecule has 0 aliphatic carbocycles. The third kappa shape index (κ3) is 4.35. The van der Waals surface area contributed by atoms with Crippen molar-refractivity contribution < 1.29 is 9.13 Å². The average molecular weight is 239 g/mol. The zero-order valence-electron chi connectivity index (χ0n) is 10.9. The predicted octanol–water partition coefficient (Wildman–Crippen LogP) is 3.68. The molecule has 1 rings (SSSR count). The summed E-state index contributed by atoms with van der Waals surface area (Å²) in [5.74, 6) is 0.413. The molecule has 1 unspecified atom stereocenters. The zero-order chi connectivity index (χ0) is 12.7. The van der Waals surface area contributed by atoms with Crippen molar-refractivity contribution in [2.24, 2.45) is 0 Å². The van der Waals surface area contributed by atoms with Gasteiger partial charge in [0.05, 0.1) is 6.61 Å². The van der Waals surface area contributed by atoms with E-state index in [9.17, 15) is 4.39 Å². The Morgan fingerprint density at radius 3 is 2.76 bits per heavy atom. The highest BCUT2D eigenvalue weighted by Gasteiger charge is 2.11. The van der Waals surface area contributed by atoms with Crippen LogP contribution in [0.5, 0.6) is 5.75 Å². The Kier molecular flexibility index (Phi) is 5.98. The summed E-state index contributed by atoms with van der Waals surface area (Å²) < 4.78 is 18.9. The van der Waals surface area contributed by atoms with Gasteiger partial charge in [0.2, 0.25) is 0 Å². The van der Waals surface area contributed by atoms with Gasteiger partial charge in [-0.3, -0.25) is 0 Å². The molecule has 0 fully saturated rings. The van der Waals surface area contributed by atoms with Crippen LogP contribution >= 0.6 is 0 Å². The van der Waals surface area contributed by atoms with Crippen LogP contribution in [0.1, 0.15) is 45.2 Å². The number of benzene rings is 1. The summed E-state index contributed by atoms with van der Waals surface area (Å²) in [6.07, 6.45) is 2.07. The van der Waals surface area contributed by atoms with E-state index in [4.69, 9.17) is 4.74 Å². The van der Waals surface area contributed by atoms with Gasteiger partial charge in [-0.1, -0.05) is 26.3 Å². The van der Waals surface area contributed by atoms with Gasteiger partial charge in [-0.2, -0.15) is 0 Å². The summed E-state index contributed by atoms with van der Waals surface area (Å²) in [5, 5.41) is 3.31. The molecule has 0 heterocycles. The molecule has 2 nitrogen and oxygen atoms in total. The Morgan fingerprint density at radius 2 is 2.12 bits per heavy atom. The minimum absolute atomic E-state index is 0.178. The van der Waals surface area contributed by atoms with Crippen molar-refractivity contribution in [3.8, 4) is 5.75 Å². The molecule has 0 bridgehead atoms. The van der Waals surface area contributed by atoms with Gasteiger partial charge < -0.3 is 10.1 Å². The van der Waals surface area contributed by atoms with E-state index in [1.807, 2.05) is 0 Å². The first kappa shape index (κ1) is 14.0. The summed E-state index contributed by atoms with van der Waals surface area (Å²) in [5.41, 5.74) is 1.02. The van der Waals surface area contributed by atoms with E-state index in [2.05, 4.69) is 26.1 Å². The first-order valence-electron chi connectivity index (χ1n) is 6.34. The van der Waals surface area contributed by atoms with Gasteiger partial charge in [0.1, 0.15) is 11.6 Å². The van der Waals surface area contributed by atoms with Crippen molar-refractivity contribution in [2.45, 2.75) is 39.7 Å². The Labute approximate surface area is 103 Å².